The Hall–Kier alpha value is -7.85. The highest BCUT2D eigenvalue weighted by atomic mass is 35.5. The fraction of sp³-hybridized carbons (Fsp3) is 0.421. The normalized spacial score (nSPS) is 16.4. The lowest BCUT2D eigenvalue weighted by molar-refractivity contribution is -0.146. The second-order valence-corrected chi connectivity index (χ2v) is 22.1. The Morgan fingerprint density at radius 2 is 1.59 bits per heavy atom. The predicted octanol–water partition coefficient (Wildman–Crippen LogP) is 6.90. The molecule has 3 N–H and O–H groups in total. The standard InChI is InChI=1S/C35H42FN7O3.C17H15ClN4S.C5H8N2O4/c1-4-43-29-8-5-7-26(27-20-31-25(19-28(27)36)21-37-39(31)3)32(29)33(38-43)23-10-15-40(16-11-23)34(45)24-12-17-41(18-13-24)35(46)30-9-6-14-42(30)22(2)44;1-9-10(2)23-17-15(9)16(12-4-6-13(18)7-5-12)19-8-14-21-20-11(3)22(14)17;8-3-6-1-4(9)7-2-5(10)11/h5,7-8,19-21,23-24,30H,4,6,9-18H2,1-3H3;4-7H,8H2,1-3H3;3H,1-2H2,(H,6,8)(H,7,9)(H,10,11). The van der Waals surface area contributed by atoms with Crippen molar-refractivity contribution in [3.63, 3.8) is 0 Å². The molecule has 3 aromatic carbocycles. The topological polar surface area (TPSA) is 235 Å². The number of likely N-dealkylation sites (tertiary alicyclic amines) is 3. The average molecular weight is 1130 g/mol. The van der Waals surface area contributed by atoms with Crippen LogP contribution in [0.15, 0.2) is 65.8 Å². The maximum absolute atomic E-state index is 15.6. The zero-order chi connectivity index (χ0) is 56.9. The summed E-state index contributed by atoms with van der Waals surface area (Å²) in [5.74, 6) is 0.0616. The van der Waals surface area contributed by atoms with Crippen LogP contribution in [0.3, 0.4) is 0 Å². The van der Waals surface area contributed by atoms with Crippen LogP contribution in [0.1, 0.15) is 97.2 Å². The van der Waals surface area contributed by atoms with E-state index in [0.717, 1.165) is 85.3 Å². The van der Waals surface area contributed by atoms with Crippen LogP contribution in [0.2, 0.25) is 5.02 Å². The first kappa shape index (κ1) is 56.9. The maximum atomic E-state index is 15.6. The minimum atomic E-state index is -1.12. The molecule has 0 spiro atoms. The second kappa shape index (κ2) is 24.7. The summed E-state index contributed by atoms with van der Waals surface area (Å²) in [6.45, 7) is 13.5. The molecule has 3 saturated heterocycles. The molecule has 3 fully saturated rings. The lowest BCUT2D eigenvalue weighted by Gasteiger charge is -2.38. The average Bonchev–Trinajstić information content (AvgIpc) is 4.35. The van der Waals surface area contributed by atoms with Crippen molar-refractivity contribution in [2.75, 3.05) is 45.8 Å². The predicted molar refractivity (Wildman–Crippen MR) is 302 cm³/mol. The number of aliphatic imine (C=N–C) groups is 1. The molecule has 20 nitrogen and oxygen atoms in total. The Morgan fingerprint density at radius 3 is 2.27 bits per heavy atom. The van der Waals surface area contributed by atoms with Gasteiger partial charge in [-0.25, -0.2) is 4.39 Å². The number of carboxylic acids is 1. The van der Waals surface area contributed by atoms with Crippen molar-refractivity contribution in [2.45, 2.75) is 98.2 Å². The third-order valence-electron chi connectivity index (χ3n) is 15.5. The summed E-state index contributed by atoms with van der Waals surface area (Å²) in [5, 5.41) is 33.7. The molecule has 80 heavy (non-hydrogen) atoms. The van der Waals surface area contributed by atoms with Gasteiger partial charge in [0.25, 0.3) is 0 Å². The number of hydrogen-bond donors (Lipinski definition) is 3. The van der Waals surface area contributed by atoms with Crippen LogP contribution in [0.25, 0.3) is 37.9 Å². The van der Waals surface area contributed by atoms with Crippen molar-refractivity contribution < 1.29 is 38.3 Å². The summed E-state index contributed by atoms with van der Waals surface area (Å²) in [4.78, 5) is 80.5. The molecule has 0 bridgehead atoms. The summed E-state index contributed by atoms with van der Waals surface area (Å²) in [6.07, 6.45) is 6.50. The van der Waals surface area contributed by atoms with Crippen LogP contribution in [-0.2, 0) is 48.9 Å². The van der Waals surface area contributed by atoms with Gasteiger partial charge in [-0.15, -0.1) is 21.5 Å². The Morgan fingerprint density at radius 1 is 0.875 bits per heavy atom. The molecule has 7 aromatic rings. The number of nitrogens with one attached hydrogen (secondary N) is 2. The van der Waals surface area contributed by atoms with Crippen LogP contribution in [0, 0.1) is 32.5 Å². The molecular formula is C57H65ClFN13O7S. The molecule has 0 radical (unpaired) electrons. The van der Waals surface area contributed by atoms with Gasteiger partial charge in [0.2, 0.25) is 30.0 Å². The van der Waals surface area contributed by atoms with E-state index in [1.807, 2.05) is 70.9 Å². The van der Waals surface area contributed by atoms with Gasteiger partial charge in [-0.1, -0.05) is 35.9 Å². The lowest BCUT2D eigenvalue weighted by Crippen LogP contribution is -2.51. The Labute approximate surface area is 471 Å². The van der Waals surface area contributed by atoms with Crippen LogP contribution in [-0.4, -0.2) is 148 Å². The van der Waals surface area contributed by atoms with E-state index in [9.17, 15) is 28.8 Å². The van der Waals surface area contributed by atoms with E-state index in [1.165, 1.54) is 22.9 Å². The van der Waals surface area contributed by atoms with Crippen molar-refractivity contribution in [3.05, 3.63) is 111 Å². The molecule has 4 aromatic heterocycles. The van der Waals surface area contributed by atoms with E-state index in [1.54, 1.807) is 33.2 Å². The number of aliphatic carboxylic acids is 1. The highest BCUT2D eigenvalue weighted by molar-refractivity contribution is 7.15. The molecular weight excluding hydrogens is 1070 g/mol. The minimum Gasteiger partial charge on any atom is -0.480 e. The van der Waals surface area contributed by atoms with Gasteiger partial charge in [0.05, 0.1) is 35.2 Å². The van der Waals surface area contributed by atoms with E-state index in [2.05, 4.69) is 57.3 Å². The molecule has 420 valence electrons. The number of amides is 5. The number of rotatable bonds is 11. The number of benzene rings is 3. The third kappa shape index (κ3) is 11.9. The van der Waals surface area contributed by atoms with E-state index in [-0.39, 0.29) is 48.0 Å². The first-order chi connectivity index (χ1) is 38.5. The van der Waals surface area contributed by atoms with E-state index in [4.69, 9.17) is 26.8 Å². The molecule has 0 saturated carbocycles. The van der Waals surface area contributed by atoms with Crippen molar-refractivity contribution >= 4 is 86.5 Å². The van der Waals surface area contributed by atoms with Crippen molar-refractivity contribution in [1.29, 1.82) is 0 Å². The third-order valence-corrected chi connectivity index (χ3v) is 16.9. The van der Waals surface area contributed by atoms with Crippen molar-refractivity contribution in [3.8, 4) is 16.1 Å². The van der Waals surface area contributed by atoms with Gasteiger partial charge in [-0.3, -0.25) is 47.7 Å². The van der Waals surface area contributed by atoms with Gasteiger partial charge >= 0.3 is 5.97 Å². The van der Waals surface area contributed by atoms with E-state index in [0.29, 0.717) is 77.0 Å². The molecule has 11 rings (SSSR count). The van der Waals surface area contributed by atoms with E-state index >= 15 is 4.39 Å². The van der Waals surface area contributed by atoms with Gasteiger partial charge < -0.3 is 30.4 Å². The van der Waals surface area contributed by atoms with Gasteiger partial charge in [0.15, 0.2) is 5.82 Å². The van der Waals surface area contributed by atoms with Crippen LogP contribution in [0.4, 0.5) is 4.39 Å². The monoisotopic (exact) mass is 1130 g/mol. The van der Waals surface area contributed by atoms with Gasteiger partial charge in [0, 0.05) is 102 Å². The number of nitrogens with zero attached hydrogens (tertiary/aromatic N) is 11. The lowest BCUT2D eigenvalue weighted by atomic mass is 9.87. The van der Waals surface area contributed by atoms with E-state index < -0.39 is 18.4 Å². The number of hydrogen-bond acceptors (Lipinski definition) is 12. The first-order valence-corrected chi connectivity index (χ1v) is 28.1. The molecule has 1 atom stereocenters. The summed E-state index contributed by atoms with van der Waals surface area (Å²) in [7, 11) is 1.86. The van der Waals surface area contributed by atoms with Gasteiger partial charge in [-0.05, 0) is 108 Å². The summed E-state index contributed by atoms with van der Waals surface area (Å²) >= 11 is 7.80. The second-order valence-electron chi connectivity index (χ2n) is 20.4. The molecule has 4 aliphatic heterocycles. The molecule has 0 aliphatic carbocycles. The first-order valence-electron chi connectivity index (χ1n) is 26.9. The van der Waals surface area contributed by atoms with Crippen molar-refractivity contribution in [2.24, 2.45) is 18.0 Å². The quantitative estimate of drug-likeness (QED) is 0.113. The fourth-order valence-corrected chi connectivity index (χ4v) is 12.6. The molecule has 23 heteroatoms. The number of carbonyl (C=O) groups is 6. The van der Waals surface area contributed by atoms with Crippen LogP contribution in [0.5, 0.6) is 0 Å². The SMILES string of the molecule is CCn1nc(C2CCN(C(=O)C3CCN(C(=O)C4CCCN4C(C)=O)CC3)CC2)c2c(-c3cc4c(cnn4C)cc3F)cccc21.Cc1sc2c(c1C)C(c1ccc(Cl)cc1)=NCc1nnc(C)n1-2.O=CNCC(=O)NCC(=O)O. The van der Waals surface area contributed by atoms with Gasteiger partial charge in [0.1, 0.15) is 35.8 Å². The number of halogens is 2. The molecule has 8 heterocycles. The summed E-state index contributed by atoms with van der Waals surface area (Å²) in [5.41, 5.74) is 8.73. The highest BCUT2D eigenvalue weighted by Gasteiger charge is 2.39. The van der Waals surface area contributed by atoms with Crippen LogP contribution >= 0.6 is 22.9 Å². The number of fused-ring (bicyclic) bond motifs is 5. The summed E-state index contributed by atoms with van der Waals surface area (Å²) < 4.78 is 21.5. The molecule has 1 unspecified atom stereocenters. The highest BCUT2D eigenvalue weighted by Crippen LogP contribution is 2.41. The minimum absolute atomic E-state index is 0.0256. The van der Waals surface area contributed by atoms with Crippen LogP contribution < -0.4 is 10.6 Å². The number of aromatic nitrogens is 7. The number of aryl methyl sites for hydroxylation is 4. The molecule has 4 aliphatic rings. The number of carboxylic acid groups (broad SMARTS) is 1. The number of piperidine rings is 2. The number of thiophene rings is 1. The zero-order valence-corrected chi connectivity index (χ0v) is 47.2. The summed E-state index contributed by atoms with van der Waals surface area (Å²) in [6, 6.07) is 16.9. The number of carbonyl (C=O) groups excluding carboxylic acids is 5. The fourth-order valence-electron chi connectivity index (χ4n) is 11.2. The zero-order valence-electron chi connectivity index (χ0n) is 45.7. The van der Waals surface area contributed by atoms with Gasteiger partial charge in [-0.2, -0.15) is 10.2 Å². The van der Waals surface area contributed by atoms with Crippen molar-refractivity contribution in [1.82, 2.24) is 59.7 Å². The smallest absolute Gasteiger partial charge is 0.322 e. The Bertz CT molecular complexity index is 3520. The Balaban J connectivity index is 0.000000187. The molecule has 5 amide bonds. The maximum Gasteiger partial charge on any atom is 0.322 e. The largest absolute Gasteiger partial charge is 0.480 e. The Kier molecular flexibility index (Phi) is 17.5.